The van der Waals surface area contributed by atoms with Crippen LogP contribution < -0.4 is 0 Å². The summed E-state index contributed by atoms with van der Waals surface area (Å²) in [6.07, 6.45) is 5.36. The predicted molar refractivity (Wildman–Crippen MR) is 42.8 cm³/mol. The number of esters is 1. The molecule has 0 spiro atoms. The Morgan fingerprint density at radius 2 is 2.36 bits per heavy atom. The first-order chi connectivity index (χ1) is 5.27. The molecule has 0 saturated carbocycles. The van der Waals surface area contributed by atoms with Crippen LogP contribution in [0, 0.1) is 0 Å². The molecule has 0 bridgehead atoms. The van der Waals surface area contributed by atoms with Crippen molar-refractivity contribution in [1.29, 1.82) is 0 Å². The fraction of sp³-hybridized carbons (Fsp3) is 0.444. The quantitative estimate of drug-likeness (QED) is 0.567. The minimum atomic E-state index is -0.235. The molecule has 2 nitrogen and oxygen atoms in total. The molecule has 0 amide bonds. The summed E-state index contributed by atoms with van der Waals surface area (Å²) in [5.41, 5.74) is 1.03. The first-order valence-electron chi connectivity index (χ1n) is 3.87. The molecule has 1 rings (SSSR count). The molecule has 0 saturated heterocycles. The Balaban J connectivity index is 2.74. The Morgan fingerprint density at radius 3 is 2.91 bits per heavy atom. The summed E-state index contributed by atoms with van der Waals surface area (Å²) in [7, 11) is 0. The highest BCUT2D eigenvalue weighted by Crippen LogP contribution is 2.23. The average Bonchev–Trinajstić information content (AvgIpc) is 2.32. The van der Waals surface area contributed by atoms with Crippen LogP contribution >= 0.6 is 0 Å². The number of allylic oxidation sites excluding steroid dienone is 2. The van der Waals surface area contributed by atoms with Crippen LogP contribution in [-0.2, 0) is 9.53 Å². The van der Waals surface area contributed by atoms with Crippen molar-refractivity contribution in [1.82, 2.24) is 0 Å². The molecule has 60 valence electrons. The van der Waals surface area contributed by atoms with Gasteiger partial charge in [-0.15, -0.1) is 0 Å². The van der Waals surface area contributed by atoms with Gasteiger partial charge >= 0.3 is 5.97 Å². The van der Waals surface area contributed by atoms with Crippen molar-refractivity contribution in [3.8, 4) is 0 Å². The second-order valence-electron chi connectivity index (χ2n) is 2.49. The Bertz CT molecular complexity index is 224. The second kappa shape index (κ2) is 3.37. The van der Waals surface area contributed by atoms with Gasteiger partial charge in [0.05, 0.1) is 0 Å². The van der Waals surface area contributed by atoms with Gasteiger partial charge in [-0.3, -0.25) is 0 Å². The van der Waals surface area contributed by atoms with E-state index in [4.69, 9.17) is 4.74 Å². The fourth-order valence-electron chi connectivity index (χ4n) is 1.13. The largest absolute Gasteiger partial charge is 0.423 e. The Labute approximate surface area is 66.5 Å². The molecule has 0 aromatic heterocycles. The molecule has 2 heteroatoms. The second-order valence-corrected chi connectivity index (χ2v) is 2.49. The van der Waals surface area contributed by atoms with Crippen LogP contribution in [0.2, 0.25) is 0 Å². The third-order valence-corrected chi connectivity index (χ3v) is 1.60. The van der Waals surface area contributed by atoms with E-state index < -0.39 is 0 Å². The fourth-order valence-corrected chi connectivity index (χ4v) is 1.13. The van der Waals surface area contributed by atoms with Gasteiger partial charge in [-0.2, -0.15) is 0 Å². The highest BCUT2D eigenvalue weighted by atomic mass is 16.5. The number of hydrogen-bond donors (Lipinski definition) is 0. The maximum absolute atomic E-state index is 10.8. The monoisotopic (exact) mass is 152 g/mol. The van der Waals surface area contributed by atoms with E-state index in [0.717, 1.165) is 24.2 Å². The predicted octanol–water partition coefficient (Wildman–Crippen LogP) is 2.17. The van der Waals surface area contributed by atoms with E-state index in [-0.39, 0.29) is 5.97 Å². The maximum Gasteiger partial charge on any atom is 0.336 e. The molecule has 1 aliphatic heterocycles. The maximum atomic E-state index is 10.8. The summed E-state index contributed by atoms with van der Waals surface area (Å²) in [5, 5.41) is 0. The van der Waals surface area contributed by atoms with Crippen molar-refractivity contribution in [2.75, 3.05) is 0 Å². The van der Waals surface area contributed by atoms with Gasteiger partial charge in [0.15, 0.2) is 0 Å². The Hall–Kier alpha value is -1.05. The summed E-state index contributed by atoms with van der Waals surface area (Å²) in [4.78, 5) is 10.8. The van der Waals surface area contributed by atoms with Gasteiger partial charge in [0, 0.05) is 11.6 Å². The number of ether oxygens (including phenoxy) is 1. The van der Waals surface area contributed by atoms with E-state index in [1.165, 1.54) is 0 Å². The van der Waals surface area contributed by atoms with Crippen molar-refractivity contribution < 1.29 is 9.53 Å². The smallest absolute Gasteiger partial charge is 0.336 e. The minimum Gasteiger partial charge on any atom is -0.423 e. The lowest BCUT2D eigenvalue weighted by Gasteiger charge is -1.99. The first-order valence-corrected chi connectivity index (χ1v) is 3.87. The number of hydrogen-bond acceptors (Lipinski definition) is 2. The van der Waals surface area contributed by atoms with Gasteiger partial charge in [-0.1, -0.05) is 13.3 Å². The van der Waals surface area contributed by atoms with E-state index in [1.807, 2.05) is 13.0 Å². The summed E-state index contributed by atoms with van der Waals surface area (Å²) >= 11 is 0. The molecule has 11 heavy (non-hydrogen) atoms. The van der Waals surface area contributed by atoms with Crippen LogP contribution in [0.3, 0.4) is 0 Å². The Kier molecular flexibility index (Phi) is 2.47. The third-order valence-electron chi connectivity index (χ3n) is 1.60. The van der Waals surface area contributed by atoms with Crippen LogP contribution in [0.15, 0.2) is 23.5 Å². The van der Waals surface area contributed by atoms with Crippen LogP contribution in [0.4, 0.5) is 0 Å². The van der Waals surface area contributed by atoms with Crippen LogP contribution in [0.25, 0.3) is 0 Å². The number of carbonyl (C=O) groups excluding carboxylic acids is 1. The van der Waals surface area contributed by atoms with Gasteiger partial charge in [-0.05, 0) is 19.4 Å². The minimum absolute atomic E-state index is 0.235. The van der Waals surface area contributed by atoms with Crippen LogP contribution in [-0.4, -0.2) is 5.97 Å². The number of carbonyl (C=O) groups is 1. The van der Waals surface area contributed by atoms with Crippen molar-refractivity contribution in [3.63, 3.8) is 0 Å². The molecule has 1 heterocycles. The van der Waals surface area contributed by atoms with Gasteiger partial charge in [0.25, 0.3) is 0 Å². The average molecular weight is 152 g/mol. The summed E-state index contributed by atoms with van der Waals surface area (Å²) < 4.78 is 4.91. The topological polar surface area (TPSA) is 26.3 Å². The zero-order valence-corrected chi connectivity index (χ0v) is 6.89. The van der Waals surface area contributed by atoms with E-state index >= 15 is 0 Å². The lowest BCUT2D eigenvalue weighted by molar-refractivity contribution is -0.132. The molecular weight excluding hydrogens is 140 g/mol. The molecule has 0 aromatic rings. The van der Waals surface area contributed by atoms with Crippen molar-refractivity contribution in [2.45, 2.75) is 26.7 Å². The highest BCUT2D eigenvalue weighted by Gasteiger charge is 2.17. The van der Waals surface area contributed by atoms with E-state index in [1.54, 1.807) is 6.08 Å². The third kappa shape index (κ3) is 1.70. The van der Waals surface area contributed by atoms with Crippen LogP contribution in [0.5, 0.6) is 0 Å². The lowest BCUT2D eigenvalue weighted by atomic mass is 10.1. The zero-order valence-electron chi connectivity index (χ0n) is 6.89. The summed E-state index contributed by atoms with van der Waals surface area (Å²) in [6.45, 7) is 3.95. The van der Waals surface area contributed by atoms with Gasteiger partial charge < -0.3 is 4.74 Å². The molecule has 0 N–H and O–H groups in total. The van der Waals surface area contributed by atoms with Crippen molar-refractivity contribution in [3.05, 3.63) is 23.5 Å². The lowest BCUT2D eigenvalue weighted by Crippen LogP contribution is -1.90. The number of rotatable bonds is 2. The molecule has 1 aliphatic rings. The molecule has 0 atom stereocenters. The SMILES string of the molecule is C/C=C1\OC(=O)C=C1CCC. The molecule has 0 radical (unpaired) electrons. The standard InChI is InChI=1S/C9H12O2/c1-3-5-7-6-9(10)11-8(7)4-2/h4,6H,3,5H2,1-2H3/b8-4-. The van der Waals surface area contributed by atoms with Crippen molar-refractivity contribution >= 4 is 5.97 Å². The highest BCUT2D eigenvalue weighted by molar-refractivity contribution is 5.88. The molecule has 0 aliphatic carbocycles. The zero-order chi connectivity index (χ0) is 8.27. The summed E-state index contributed by atoms with van der Waals surface area (Å²) in [5.74, 6) is 0.499. The van der Waals surface area contributed by atoms with E-state index in [2.05, 4.69) is 6.92 Å². The number of cyclic esters (lactones) is 1. The van der Waals surface area contributed by atoms with Crippen LogP contribution in [0.1, 0.15) is 26.7 Å². The van der Waals surface area contributed by atoms with Gasteiger partial charge in [-0.25, -0.2) is 4.79 Å². The van der Waals surface area contributed by atoms with E-state index in [0.29, 0.717) is 0 Å². The first kappa shape index (κ1) is 8.05. The Morgan fingerprint density at radius 1 is 1.64 bits per heavy atom. The molecule has 0 unspecified atom stereocenters. The van der Waals surface area contributed by atoms with E-state index in [9.17, 15) is 4.79 Å². The summed E-state index contributed by atoms with van der Waals surface area (Å²) in [6, 6.07) is 0. The molecule has 0 fully saturated rings. The van der Waals surface area contributed by atoms with Gasteiger partial charge in [0.2, 0.25) is 0 Å². The normalized spacial score (nSPS) is 20.4. The van der Waals surface area contributed by atoms with Gasteiger partial charge in [0.1, 0.15) is 5.76 Å². The molecular formula is C9H12O2. The molecule has 0 aromatic carbocycles. The van der Waals surface area contributed by atoms with Crippen molar-refractivity contribution in [2.24, 2.45) is 0 Å².